The number of ketones is 1. The Hall–Kier alpha value is -2.37. The molecule has 0 radical (unpaired) electrons. The third-order valence-corrected chi connectivity index (χ3v) is 5.25. The second kappa shape index (κ2) is 9.22. The number of piperidine rings is 1. The molecular formula is C22H31NO5. The predicted octanol–water partition coefficient (Wildman–Crippen LogP) is 4.03. The van der Waals surface area contributed by atoms with E-state index >= 15 is 0 Å². The molecule has 1 aromatic carbocycles. The van der Waals surface area contributed by atoms with Gasteiger partial charge in [0.2, 0.25) is 0 Å². The molecule has 28 heavy (non-hydrogen) atoms. The van der Waals surface area contributed by atoms with Crippen LogP contribution < -0.4 is 0 Å². The number of likely N-dealkylation sites (tertiary alicyclic amines) is 1. The van der Waals surface area contributed by atoms with Crippen LogP contribution in [-0.2, 0) is 24.5 Å². The first kappa shape index (κ1) is 21.9. The molecule has 0 N–H and O–H groups in total. The van der Waals surface area contributed by atoms with E-state index in [9.17, 15) is 14.4 Å². The Balaban J connectivity index is 2.21. The fraction of sp³-hybridized carbons (Fsp3) is 0.591. The molecule has 1 amide bonds. The van der Waals surface area contributed by atoms with E-state index in [0.717, 1.165) is 5.56 Å². The zero-order valence-electron chi connectivity index (χ0n) is 17.5. The first-order valence-corrected chi connectivity index (χ1v) is 9.80. The summed E-state index contributed by atoms with van der Waals surface area (Å²) in [5.74, 6) is -0.897. The minimum absolute atomic E-state index is 0.0330. The van der Waals surface area contributed by atoms with Crippen LogP contribution in [0.15, 0.2) is 24.3 Å². The number of nitrogens with zero attached hydrogens (tertiary/aromatic N) is 1. The summed E-state index contributed by atoms with van der Waals surface area (Å²) >= 11 is 0. The third kappa shape index (κ3) is 5.33. The average Bonchev–Trinajstić information content (AvgIpc) is 2.66. The fourth-order valence-corrected chi connectivity index (χ4v) is 3.61. The molecule has 0 spiro atoms. The molecule has 1 saturated heterocycles. The lowest BCUT2D eigenvalue weighted by Crippen LogP contribution is -2.43. The van der Waals surface area contributed by atoms with Crippen molar-refractivity contribution in [3.8, 4) is 0 Å². The molecule has 0 aliphatic carbocycles. The molecule has 0 aromatic heterocycles. The SMILES string of the molecule is CCOC(=O)CC(=O)[C@H]1CCN(C(=O)OC)[C@H](c2ccc(C(C)(C)C)cc2)C1. The topological polar surface area (TPSA) is 72.9 Å². The first-order valence-electron chi connectivity index (χ1n) is 9.80. The molecule has 1 fully saturated rings. The number of methoxy groups -OCH3 is 1. The molecule has 1 aliphatic heterocycles. The van der Waals surface area contributed by atoms with Gasteiger partial charge < -0.3 is 14.4 Å². The van der Waals surface area contributed by atoms with E-state index in [1.165, 1.54) is 12.7 Å². The number of benzene rings is 1. The second-order valence-corrected chi connectivity index (χ2v) is 8.22. The van der Waals surface area contributed by atoms with E-state index in [2.05, 4.69) is 32.9 Å². The number of hydrogen-bond acceptors (Lipinski definition) is 5. The lowest BCUT2D eigenvalue weighted by Gasteiger charge is -2.38. The molecule has 0 unspecified atom stereocenters. The molecule has 1 aliphatic rings. The van der Waals surface area contributed by atoms with Crippen LogP contribution in [0.4, 0.5) is 4.79 Å². The number of hydrogen-bond donors (Lipinski definition) is 0. The van der Waals surface area contributed by atoms with Crippen molar-refractivity contribution >= 4 is 17.8 Å². The van der Waals surface area contributed by atoms with Gasteiger partial charge in [-0.15, -0.1) is 0 Å². The highest BCUT2D eigenvalue weighted by atomic mass is 16.5. The van der Waals surface area contributed by atoms with Crippen molar-refractivity contribution in [3.05, 3.63) is 35.4 Å². The predicted molar refractivity (Wildman–Crippen MR) is 106 cm³/mol. The normalized spacial score (nSPS) is 19.8. The van der Waals surface area contributed by atoms with Crippen molar-refractivity contribution in [2.24, 2.45) is 5.92 Å². The van der Waals surface area contributed by atoms with Crippen molar-refractivity contribution in [2.75, 3.05) is 20.3 Å². The van der Waals surface area contributed by atoms with E-state index in [-0.39, 0.29) is 36.2 Å². The van der Waals surface area contributed by atoms with Crippen molar-refractivity contribution < 1.29 is 23.9 Å². The van der Waals surface area contributed by atoms with Gasteiger partial charge in [-0.1, -0.05) is 45.0 Å². The Morgan fingerprint density at radius 1 is 1.14 bits per heavy atom. The molecule has 0 saturated carbocycles. The lowest BCUT2D eigenvalue weighted by atomic mass is 9.82. The molecule has 0 bridgehead atoms. The summed E-state index contributed by atoms with van der Waals surface area (Å²) in [5.41, 5.74) is 2.20. The number of carbonyl (C=O) groups excluding carboxylic acids is 3. The summed E-state index contributed by atoms with van der Waals surface area (Å²) in [5, 5.41) is 0. The van der Waals surface area contributed by atoms with Crippen molar-refractivity contribution in [1.82, 2.24) is 4.90 Å². The molecule has 154 valence electrons. The van der Waals surface area contributed by atoms with E-state index in [1.807, 2.05) is 12.1 Å². The average molecular weight is 389 g/mol. The quantitative estimate of drug-likeness (QED) is 0.562. The second-order valence-electron chi connectivity index (χ2n) is 8.22. The number of carbonyl (C=O) groups is 3. The highest BCUT2D eigenvalue weighted by Crippen LogP contribution is 2.36. The van der Waals surface area contributed by atoms with Gasteiger partial charge in [-0.3, -0.25) is 9.59 Å². The number of amides is 1. The van der Waals surface area contributed by atoms with Crippen LogP contribution in [0.5, 0.6) is 0 Å². The minimum atomic E-state index is -0.492. The Labute approximate surface area is 167 Å². The molecule has 2 rings (SSSR count). The molecule has 2 atom stereocenters. The van der Waals surface area contributed by atoms with Crippen LogP contribution in [-0.4, -0.2) is 43.0 Å². The standard InChI is InChI=1S/C22H31NO5/c1-6-28-20(25)14-19(24)16-11-12-23(21(26)27-5)18(13-16)15-7-9-17(10-8-15)22(2,3)4/h7-10,16,18H,6,11-14H2,1-5H3/t16-,18-/m0/s1. The van der Waals surface area contributed by atoms with E-state index in [4.69, 9.17) is 9.47 Å². The largest absolute Gasteiger partial charge is 0.466 e. The summed E-state index contributed by atoms with van der Waals surface area (Å²) in [6, 6.07) is 7.90. The summed E-state index contributed by atoms with van der Waals surface area (Å²) in [4.78, 5) is 38.2. The van der Waals surface area contributed by atoms with Gasteiger partial charge in [-0.2, -0.15) is 0 Å². The van der Waals surface area contributed by atoms with Crippen LogP contribution in [0.1, 0.15) is 64.1 Å². The van der Waals surface area contributed by atoms with Crippen LogP contribution in [0.3, 0.4) is 0 Å². The Morgan fingerprint density at radius 3 is 2.32 bits per heavy atom. The van der Waals surface area contributed by atoms with Gasteiger partial charge in [0.25, 0.3) is 0 Å². The zero-order chi connectivity index (χ0) is 20.9. The van der Waals surface area contributed by atoms with Crippen LogP contribution in [0.2, 0.25) is 0 Å². The summed E-state index contributed by atoms with van der Waals surface area (Å²) in [7, 11) is 1.36. The third-order valence-electron chi connectivity index (χ3n) is 5.25. The smallest absolute Gasteiger partial charge is 0.409 e. The lowest BCUT2D eigenvalue weighted by molar-refractivity contribution is -0.146. The Bertz CT molecular complexity index is 705. The van der Waals surface area contributed by atoms with E-state index in [0.29, 0.717) is 19.4 Å². The Morgan fingerprint density at radius 2 is 1.79 bits per heavy atom. The summed E-state index contributed by atoms with van der Waals surface area (Å²) in [6.07, 6.45) is 0.375. The molecule has 1 aromatic rings. The summed E-state index contributed by atoms with van der Waals surface area (Å²) in [6.45, 7) is 8.83. The number of esters is 1. The maximum absolute atomic E-state index is 12.6. The van der Waals surface area contributed by atoms with Gasteiger partial charge in [0, 0.05) is 12.5 Å². The number of Topliss-reactive ketones (excluding diaryl/α,β-unsaturated/α-hetero) is 1. The van der Waals surface area contributed by atoms with E-state index in [1.54, 1.807) is 11.8 Å². The highest BCUT2D eigenvalue weighted by molar-refractivity contribution is 5.97. The van der Waals surface area contributed by atoms with E-state index < -0.39 is 12.1 Å². The minimum Gasteiger partial charge on any atom is -0.466 e. The van der Waals surface area contributed by atoms with Crippen molar-refractivity contribution in [2.45, 2.75) is 58.4 Å². The van der Waals surface area contributed by atoms with Crippen LogP contribution in [0, 0.1) is 5.92 Å². The van der Waals surface area contributed by atoms with Gasteiger partial charge in [-0.25, -0.2) is 4.79 Å². The van der Waals surface area contributed by atoms with Gasteiger partial charge >= 0.3 is 12.1 Å². The monoisotopic (exact) mass is 389 g/mol. The van der Waals surface area contributed by atoms with Gasteiger partial charge in [0.15, 0.2) is 0 Å². The number of rotatable bonds is 5. The van der Waals surface area contributed by atoms with Gasteiger partial charge in [-0.05, 0) is 36.3 Å². The number of ether oxygens (including phenoxy) is 2. The maximum atomic E-state index is 12.6. The molecule has 6 heteroatoms. The molecule has 1 heterocycles. The Kier molecular flexibility index (Phi) is 7.22. The van der Waals surface area contributed by atoms with Crippen LogP contribution >= 0.6 is 0 Å². The van der Waals surface area contributed by atoms with Crippen LogP contribution in [0.25, 0.3) is 0 Å². The molecular weight excluding hydrogens is 358 g/mol. The van der Waals surface area contributed by atoms with Crippen molar-refractivity contribution in [3.63, 3.8) is 0 Å². The first-order chi connectivity index (χ1) is 13.2. The molecule has 6 nitrogen and oxygen atoms in total. The maximum Gasteiger partial charge on any atom is 0.409 e. The zero-order valence-corrected chi connectivity index (χ0v) is 17.5. The highest BCUT2D eigenvalue weighted by Gasteiger charge is 2.36. The van der Waals surface area contributed by atoms with Gasteiger partial charge in [0.1, 0.15) is 12.2 Å². The van der Waals surface area contributed by atoms with Gasteiger partial charge in [0.05, 0.1) is 19.8 Å². The summed E-state index contributed by atoms with van der Waals surface area (Å²) < 4.78 is 9.83. The fourth-order valence-electron chi connectivity index (χ4n) is 3.61. The van der Waals surface area contributed by atoms with Crippen molar-refractivity contribution in [1.29, 1.82) is 0 Å².